The molecule has 25 heavy (non-hydrogen) atoms. The maximum absolute atomic E-state index is 12.3. The first kappa shape index (κ1) is 15.7. The number of hydrogen-bond acceptors (Lipinski definition) is 4. The van der Waals surface area contributed by atoms with Crippen LogP contribution < -0.4 is 0 Å². The summed E-state index contributed by atoms with van der Waals surface area (Å²) in [5.41, 5.74) is 2.86. The van der Waals surface area contributed by atoms with E-state index >= 15 is 0 Å². The number of amides is 1. The van der Waals surface area contributed by atoms with Crippen molar-refractivity contribution in [2.45, 2.75) is 6.54 Å². The van der Waals surface area contributed by atoms with Crippen molar-refractivity contribution < 1.29 is 9.21 Å². The first-order valence-electron chi connectivity index (χ1n) is 8.42. The lowest BCUT2D eigenvalue weighted by Crippen LogP contribution is -2.48. The Morgan fingerprint density at radius 2 is 1.88 bits per heavy atom. The minimum Gasteiger partial charge on any atom is -0.472 e. The van der Waals surface area contributed by atoms with Gasteiger partial charge in [-0.25, -0.2) is 4.68 Å². The highest BCUT2D eigenvalue weighted by molar-refractivity contribution is 5.93. The highest BCUT2D eigenvalue weighted by Crippen LogP contribution is 2.13. The number of aromatic nitrogens is 2. The number of hydrogen-bond donors (Lipinski definition) is 0. The largest absolute Gasteiger partial charge is 0.472 e. The van der Waals surface area contributed by atoms with Crippen LogP contribution >= 0.6 is 0 Å². The van der Waals surface area contributed by atoms with Crippen LogP contribution in [-0.2, 0) is 6.54 Å². The molecule has 0 radical (unpaired) electrons. The summed E-state index contributed by atoms with van der Waals surface area (Å²) in [5, 5.41) is 4.44. The van der Waals surface area contributed by atoms with Gasteiger partial charge in [0.2, 0.25) is 0 Å². The third-order valence-electron chi connectivity index (χ3n) is 4.49. The molecule has 0 bridgehead atoms. The average Bonchev–Trinajstić information content (AvgIpc) is 3.35. The lowest BCUT2D eigenvalue weighted by Gasteiger charge is -2.34. The van der Waals surface area contributed by atoms with Crippen LogP contribution in [0.2, 0.25) is 0 Å². The monoisotopic (exact) mass is 336 g/mol. The van der Waals surface area contributed by atoms with E-state index in [0.717, 1.165) is 38.4 Å². The van der Waals surface area contributed by atoms with Crippen molar-refractivity contribution in [1.82, 2.24) is 19.6 Å². The Morgan fingerprint density at radius 3 is 2.60 bits per heavy atom. The number of nitrogens with zero attached hydrogens (tertiary/aromatic N) is 4. The average molecular weight is 336 g/mol. The number of carbonyl (C=O) groups is 1. The van der Waals surface area contributed by atoms with Gasteiger partial charge in [-0.05, 0) is 18.2 Å². The number of furan rings is 1. The minimum absolute atomic E-state index is 0.0466. The lowest BCUT2D eigenvalue weighted by atomic mass is 10.2. The van der Waals surface area contributed by atoms with Crippen LogP contribution in [0.15, 0.2) is 65.7 Å². The molecule has 6 nitrogen and oxygen atoms in total. The molecule has 1 saturated heterocycles. The highest BCUT2D eigenvalue weighted by Gasteiger charge is 2.22. The molecule has 3 heterocycles. The molecule has 2 aromatic heterocycles. The summed E-state index contributed by atoms with van der Waals surface area (Å²) in [6.45, 7) is 4.04. The third-order valence-corrected chi connectivity index (χ3v) is 4.49. The predicted molar refractivity (Wildman–Crippen MR) is 93.5 cm³/mol. The standard InChI is InChI=1S/C19H20N4O2/c24-19(17-6-11-25-15-17)22-9-7-21(8-10-22)13-16-12-20-23(14-16)18-4-2-1-3-5-18/h1-6,11-12,14-15H,7-10,13H2. The highest BCUT2D eigenvalue weighted by atomic mass is 16.3. The van der Waals surface area contributed by atoms with E-state index in [1.54, 1.807) is 6.07 Å². The molecule has 1 fully saturated rings. The van der Waals surface area contributed by atoms with Gasteiger partial charge in [-0.2, -0.15) is 5.10 Å². The first-order valence-corrected chi connectivity index (χ1v) is 8.42. The summed E-state index contributed by atoms with van der Waals surface area (Å²) < 4.78 is 6.90. The molecule has 1 amide bonds. The van der Waals surface area contributed by atoms with E-state index in [1.807, 2.05) is 46.1 Å². The van der Waals surface area contributed by atoms with Crippen molar-refractivity contribution in [3.8, 4) is 5.69 Å². The molecule has 3 aromatic rings. The van der Waals surface area contributed by atoms with Gasteiger partial charge in [0, 0.05) is 44.5 Å². The Kier molecular flexibility index (Phi) is 4.35. The molecule has 0 saturated carbocycles. The number of rotatable bonds is 4. The molecule has 0 aliphatic carbocycles. The molecule has 0 atom stereocenters. The van der Waals surface area contributed by atoms with E-state index in [4.69, 9.17) is 4.42 Å². The van der Waals surface area contributed by atoms with E-state index in [-0.39, 0.29) is 5.91 Å². The third kappa shape index (κ3) is 3.49. The molecule has 1 aliphatic heterocycles. The molecule has 0 N–H and O–H groups in total. The number of piperazine rings is 1. The van der Waals surface area contributed by atoms with Gasteiger partial charge in [0.25, 0.3) is 5.91 Å². The van der Waals surface area contributed by atoms with Crippen molar-refractivity contribution in [1.29, 1.82) is 0 Å². The Hall–Kier alpha value is -2.86. The fraction of sp³-hybridized carbons (Fsp3) is 0.263. The van der Waals surface area contributed by atoms with Gasteiger partial charge in [-0.3, -0.25) is 9.69 Å². The molecule has 0 unspecified atom stereocenters. The van der Waals surface area contributed by atoms with E-state index in [9.17, 15) is 4.79 Å². The first-order chi connectivity index (χ1) is 12.3. The SMILES string of the molecule is O=C(c1ccoc1)N1CCN(Cc2cnn(-c3ccccc3)c2)CC1. The van der Waals surface area contributed by atoms with Gasteiger partial charge in [-0.1, -0.05) is 18.2 Å². The lowest BCUT2D eigenvalue weighted by molar-refractivity contribution is 0.0628. The molecule has 1 aliphatic rings. The Labute approximate surface area is 146 Å². The normalized spacial score (nSPS) is 15.4. The minimum atomic E-state index is 0.0466. The Morgan fingerprint density at radius 1 is 1.08 bits per heavy atom. The van der Waals surface area contributed by atoms with E-state index in [1.165, 1.54) is 18.1 Å². The van der Waals surface area contributed by atoms with Crippen molar-refractivity contribution >= 4 is 5.91 Å². The van der Waals surface area contributed by atoms with E-state index < -0.39 is 0 Å². The van der Waals surface area contributed by atoms with Crippen LogP contribution in [0.5, 0.6) is 0 Å². The Balaban J connectivity index is 1.33. The predicted octanol–water partition coefficient (Wildman–Crippen LogP) is 2.42. The van der Waals surface area contributed by atoms with Gasteiger partial charge in [-0.15, -0.1) is 0 Å². The zero-order chi connectivity index (χ0) is 17.1. The summed E-state index contributed by atoms with van der Waals surface area (Å²) in [4.78, 5) is 16.6. The summed E-state index contributed by atoms with van der Waals surface area (Å²) in [6.07, 6.45) is 7.02. The molecular weight excluding hydrogens is 316 g/mol. The molecule has 4 rings (SSSR count). The van der Waals surface area contributed by atoms with Crippen molar-refractivity contribution in [2.75, 3.05) is 26.2 Å². The number of para-hydroxylation sites is 1. The van der Waals surface area contributed by atoms with Gasteiger partial charge in [0.1, 0.15) is 6.26 Å². The zero-order valence-electron chi connectivity index (χ0n) is 13.9. The fourth-order valence-corrected chi connectivity index (χ4v) is 3.10. The van der Waals surface area contributed by atoms with Crippen LogP contribution in [0.3, 0.4) is 0 Å². The van der Waals surface area contributed by atoms with Crippen molar-refractivity contribution in [3.05, 3.63) is 72.4 Å². The molecule has 0 spiro atoms. The molecule has 6 heteroatoms. The van der Waals surface area contributed by atoms with Crippen LogP contribution in [0.25, 0.3) is 5.69 Å². The second-order valence-electron chi connectivity index (χ2n) is 6.21. The summed E-state index contributed by atoms with van der Waals surface area (Å²) in [7, 11) is 0. The maximum Gasteiger partial charge on any atom is 0.257 e. The quantitative estimate of drug-likeness (QED) is 0.734. The summed E-state index contributed by atoms with van der Waals surface area (Å²) in [6, 6.07) is 11.8. The number of carbonyl (C=O) groups excluding carboxylic acids is 1. The second-order valence-corrected chi connectivity index (χ2v) is 6.21. The van der Waals surface area contributed by atoms with Crippen LogP contribution in [0.1, 0.15) is 15.9 Å². The van der Waals surface area contributed by atoms with Crippen LogP contribution in [-0.4, -0.2) is 51.7 Å². The van der Waals surface area contributed by atoms with Crippen molar-refractivity contribution in [2.24, 2.45) is 0 Å². The molecular formula is C19H20N4O2. The summed E-state index contributed by atoms with van der Waals surface area (Å²) >= 11 is 0. The van der Waals surface area contributed by atoms with Crippen LogP contribution in [0.4, 0.5) is 0 Å². The maximum atomic E-state index is 12.3. The van der Waals surface area contributed by atoms with Crippen LogP contribution in [0, 0.1) is 0 Å². The zero-order valence-corrected chi connectivity index (χ0v) is 13.9. The van der Waals surface area contributed by atoms with Gasteiger partial charge < -0.3 is 9.32 Å². The summed E-state index contributed by atoms with van der Waals surface area (Å²) in [5.74, 6) is 0.0466. The van der Waals surface area contributed by atoms with Gasteiger partial charge in [0.15, 0.2) is 0 Å². The van der Waals surface area contributed by atoms with Gasteiger partial charge >= 0.3 is 0 Å². The number of benzene rings is 1. The molecule has 128 valence electrons. The van der Waals surface area contributed by atoms with E-state index in [2.05, 4.69) is 16.2 Å². The molecule has 1 aromatic carbocycles. The second kappa shape index (κ2) is 6.94. The fourth-order valence-electron chi connectivity index (χ4n) is 3.10. The van der Waals surface area contributed by atoms with Gasteiger partial charge in [0.05, 0.1) is 23.7 Å². The van der Waals surface area contributed by atoms with Crippen molar-refractivity contribution in [3.63, 3.8) is 0 Å². The topological polar surface area (TPSA) is 54.5 Å². The van der Waals surface area contributed by atoms with E-state index in [0.29, 0.717) is 5.56 Å². The Bertz CT molecular complexity index is 818. The smallest absolute Gasteiger partial charge is 0.257 e.